The summed E-state index contributed by atoms with van der Waals surface area (Å²) in [7, 11) is 0. The minimum absolute atomic E-state index is 0.298. The molecular weight excluding hydrogens is 336 g/mol. The predicted octanol–water partition coefficient (Wildman–Crippen LogP) is 1.22. The fraction of sp³-hybridized carbons (Fsp3) is 0.500. The molecule has 1 unspecified atom stereocenters. The van der Waals surface area contributed by atoms with Crippen LogP contribution < -0.4 is 21.1 Å². The van der Waals surface area contributed by atoms with Crippen LogP contribution in [0.4, 0.5) is 10.5 Å². The number of ether oxygens (including phenoxy) is 1. The molecule has 8 heteroatoms. The first-order valence-corrected chi connectivity index (χ1v) is 8.86. The number of nitrogens with zero attached hydrogens (tertiary/aromatic N) is 1. The topological polar surface area (TPSA) is 114 Å². The Morgan fingerprint density at radius 2 is 1.96 bits per heavy atom. The van der Waals surface area contributed by atoms with Gasteiger partial charge in [-0.05, 0) is 44.0 Å². The standard InChI is InChI=1S/C18H24N4O4/c1-12(22-16(24)18(21-17(22)25)8-2-3-9-18)15(23)20-13-4-6-14(7-5-13)26-11-10-19/h4-7,12H,2-3,8-11,19H2,1H3,(H,20,23)(H,21,25). The number of nitrogens with two attached hydrogens (primary N) is 1. The average Bonchev–Trinajstić information content (AvgIpc) is 3.19. The second kappa shape index (κ2) is 7.33. The van der Waals surface area contributed by atoms with Crippen LogP contribution in [0.15, 0.2) is 24.3 Å². The van der Waals surface area contributed by atoms with Gasteiger partial charge in [0, 0.05) is 12.2 Å². The summed E-state index contributed by atoms with van der Waals surface area (Å²) in [6, 6.07) is 5.44. The summed E-state index contributed by atoms with van der Waals surface area (Å²) >= 11 is 0. The Kier molecular flexibility index (Phi) is 5.13. The molecule has 1 aliphatic heterocycles. The van der Waals surface area contributed by atoms with E-state index in [4.69, 9.17) is 10.5 Å². The second-order valence-electron chi connectivity index (χ2n) is 6.72. The van der Waals surface area contributed by atoms with Crippen LogP contribution in [0.2, 0.25) is 0 Å². The lowest BCUT2D eigenvalue weighted by atomic mass is 9.97. The van der Waals surface area contributed by atoms with Crippen LogP contribution in [0.3, 0.4) is 0 Å². The summed E-state index contributed by atoms with van der Waals surface area (Å²) in [6.07, 6.45) is 3.07. The Balaban J connectivity index is 1.64. The highest BCUT2D eigenvalue weighted by Crippen LogP contribution is 2.35. The number of benzene rings is 1. The molecule has 2 fully saturated rings. The number of urea groups is 1. The molecule has 1 aliphatic carbocycles. The van der Waals surface area contributed by atoms with Crippen LogP contribution in [0.1, 0.15) is 32.6 Å². The number of amides is 4. The van der Waals surface area contributed by atoms with E-state index >= 15 is 0 Å². The van der Waals surface area contributed by atoms with Gasteiger partial charge in [-0.2, -0.15) is 0 Å². The van der Waals surface area contributed by atoms with Crippen LogP contribution in [-0.4, -0.2) is 47.5 Å². The third-order valence-corrected chi connectivity index (χ3v) is 4.93. The van der Waals surface area contributed by atoms with Gasteiger partial charge in [0.25, 0.3) is 5.91 Å². The third-order valence-electron chi connectivity index (χ3n) is 4.93. The third kappa shape index (κ3) is 3.37. The summed E-state index contributed by atoms with van der Waals surface area (Å²) in [4.78, 5) is 38.6. The summed E-state index contributed by atoms with van der Waals surface area (Å²) in [6.45, 7) is 2.39. The summed E-state index contributed by atoms with van der Waals surface area (Å²) in [5, 5.41) is 5.52. The van der Waals surface area contributed by atoms with Gasteiger partial charge in [0.05, 0.1) is 0 Å². The van der Waals surface area contributed by atoms with Crippen LogP contribution in [-0.2, 0) is 9.59 Å². The van der Waals surface area contributed by atoms with Crippen LogP contribution in [0, 0.1) is 0 Å². The van der Waals surface area contributed by atoms with Gasteiger partial charge in [0.15, 0.2) is 0 Å². The molecule has 4 amide bonds. The number of carbonyl (C=O) groups excluding carboxylic acids is 3. The highest BCUT2D eigenvalue weighted by atomic mass is 16.5. The predicted molar refractivity (Wildman–Crippen MR) is 95.7 cm³/mol. The van der Waals surface area contributed by atoms with Gasteiger partial charge < -0.3 is 21.1 Å². The van der Waals surface area contributed by atoms with Crippen molar-refractivity contribution in [2.45, 2.75) is 44.2 Å². The van der Waals surface area contributed by atoms with Gasteiger partial charge in [-0.15, -0.1) is 0 Å². The fourth-order valence-corrected chi connectivity index (χ4v) is 3.49. The van der Waals surface area contributed by atoms with E-state index in [2.05, 4.69) is 10.6 Å². The zero-order valence-electron chi connectivity index (χ0n) is 14.8. The van der Waals surface area contributed by atoms with E-state index in [1.807, 2.05) is 0 Å². The molecule has 8 nitrogen and oxygen atoms in total. The number of imide groups is 1. The van der Waals surface area contributed by atoms with E-state index in [0.717, 1.165) is 17.7 Å². The van der Waals surface area contributed by atoms with Gasteiger partial charge >= 0.3 is 6.03 Å². The van der Waals surface area contributed by atoms with Crippen molar-refractivity contribution in [3.63, 3.8) is 0 Å². The molecular formula is C18H24N4O4. The molecule has 1 aromatic rings. The smallest absolute Gasteiger partial charge is 0.325 e. The number of carbonyl (C=O) groups is 3. The molecule has 0 aromatic heterocycles. The number of rotatable bonds is 6. The van der Waals surface area contributed by atoms with Crippen LogP contribution in [0.5, 0.6) is 5.75 Å². The van der Waals surface area contributed by atoms with E-state index in [0.29, 0.717) is 37.4 Å². The quantitative estimate of drug-likeness (QED) is 0.660. The van der Waals surface area contributed by atoms with E-state index in [1.165, 1.54) is 0 Å². The monoisotopic (exact) mass is 360 g/mol. The minimum Gasteiger partial charge on any atom is -0.492 e. The number of nitrogens with one attached hydrogen (secondary N) is 2. The van der Waals surface area contributed by atoms with Crippen molar-refractivity contribution in [3.05, 3.63) is 24.3 Å². The molecule has 1 saturated heterocycles. The molecule has 26 heavy (non-hydrogen) atoms. The van der Waals surface area contributed by atoms with Gasteiger partial charge in [0.1, 0.15) is 23.9 Å². The number of hydrogen-bond acceptors (Lipinski definition) is 5. The minimum atomic E-state index is -0.893. The molecule has 1 spiro atoms. The highest BCUT2D eigenvalue weighted by Gasteiger charge is 2.54. The molecule has 1 saturated carbocycles. The second-order valence-corrected chi connectivity index (χ2v) is 6.72. The van der Waals surface area contributed by atoms with E-state index in [-0.39, 0.29) is 5.91 Å². The maximum absolute atomic E-state index is 12.7. The summed E-state index contributed by atoms with van der Waals surface area (Å²) in [5.41, 5.74) is 5.13. The summed E-state index contributed by atoms with van der Waals surface area (Å²) in [5.74, 6) is -0.0638. The normalized spacial score (nSPS) is 19.5. The average molecular weight is 360 g/mol. The van der Waals surface area contributed by atoms with Crippen molar-refractivity contribution in [1.82, 2.24) is 10.2 Å². The first-order chi connectivity index (χ1) is 12.5. The Bertz CT molecular complexity index is 698. The van der Waals surface area contributed by atoms with Crippen molar-refractivity contribution in [2.24, 2.45) is 5.73 Å². The number of anilines is 1. The molecule has 4 N–H and O–H groups in total. The molecule has 1 atom stereocenters. The van der Waals surface area contributed by atoms with Crippen molar-refractivity contribution in [3.8, 4) is 5.75 Å². The first-order valence-electron chi connectivity index (χ1n) is 8.86. The molecule has 140 valence electrons. The van der Waals surface area contributed by atoms with Crippen molar-refractivity contribution >= 4 is 23.5 Å². The largest absolute Gasteiger partial charge is 0.492 e. The maximum Gasteiger partial charge on any atom is 0.325 e. The van der Waals surface area contributed by atoms with Gasteiger partial charge in [-0.1, -0.05) is 12.8 Å². The SMILES string of the molecule is CC(C(=O)Nc1ccc(OCCN)cc1)N1C(=O)NC2(CCCC2)C1=O. The Hall–Kier alpha value is -2.61. The first kappa shape index (κ1) is 18.2. The Labute approximate surface area is 152 Å². The van der Waals surface area contributed by atoms with Gasteiger partial charge in [-0.25, -0.2) is 9.69 Å². The fourth-order valence-electron chi connectivity index (χ4n) is 3.49. The lowest BCUT2D eigenvalue weighted by Gasteiger charge is -2.23. The lowest BCUT2D eigenvalue weighted by molar-refractivity contribution is -0.136. The molecule has 1 heterocycles. The molecule has 3 rings (SSSR count). The van der Waals surface area contributed by atoms with Gasteiger partial charge in [-0.3, -0.25) is 9.59 Å². The number of hydrogen-bond donors (Lipinski definition) is 3. The Morgan fingerprint density at radius 3 is 2.58 bits per heavy atom. The lowest BCUT2D eigenvalue weighted by Crippen LogP contribution is -2.48. The highest BCUT2D eigenvalue weighted by molar-refractivity contribution is 6.11. The molecule has 0 radical (unpaired) electrons. The van der Waals surface area contributed by atoms with E-state index in [9.17, 15) is 14.4 Å². The van der Waals surface area contributed by atoms with E-state index < -0.39 is 23.5 Å². The van der Waals surface area contributed by atoms with Gasteiger partial charge in [0.2, 0.25) is 5.91 Å². The van der Waals surface area contributed by atoms with E-state index in [1.54, 1.807) is 31.2 Å². The van der Waals surface area contributed by atoms with Crippen LogP contribution in [0.25, 0.3) is 0 Å². The summed E-state index contributed by atoms with van der Waals surface area (Å²) < 4.78 is 5.38. The molecule has 2 aliphatic rings. The Morgan fingerprint density at radius 1 is 1.31 bits per heavy atom. The maximum atomic E-state index is 12.7. The molecule has 1 aromatic carbocycles. The van der Waals surface area contributed by atoms with Crippen LogP contribution >= 0.6 is 0 Å². The van der Waals surface area contributed by atoms with Crippen molar-refractivity contribution in [2.75, 3.05) is 18.5 Å². The van der Waals surface area contributed by atoms with Crippen molar-refractivity contribution < 1.29 is 19.1 Å². The zero-order valence-corrected chi connectivity index (χ0v) is 14.8. The molecule has 0 bridgehead atoms. The zero-order chi connectivity index (χ0) is 18.7. The van der Waals surface area contributed by atoms with Crippen molar-refractivity contribution in [1.29, 1.82) is 0 Å².